The number of hydrogen-bond donors (Lipinski definition) is 1. The van der Waals surface area contributed by atoms with E-state index >= 15 is 0 Å². The molecule has 0 fully saturated rings. The van der Waals surface area contributed by atoms with Gasteiger partial charge in [-0.2, -0.15) is 0 Å². The van der Waals surface area contributed by atoms with Crippen LogP contribution in [0.1, 0.15) is 30.5 Å². The molecule has 1 heterocycles. The maximum Gasteiger partial charge on any atom is 0.137 e. The molecule has 2 rings (SSSR count). The number of benzene rings is 1. The van der Waals surface area contributed by atoms with Crippen LogP contribution >= 0.6 is 11.8 Å². The number of thioether (sulfide) groups is 1. The molecule has 1 atom stereocenters. The average Bonchev–Trinajstić information content (AvgIpc) is 2.44. The normalized spacial score (nSPS) is 18.3. The lowest BCUT2D eigenvalue weighted by molar-refractivity contribution is 0.365. The van der Waals surface area contributed by atoms with Crippen LogP contribution in [0.3, 0.4) is 0 Å². The van der Waals surface area contributed by atoms with E-state index < -0.39 is 0 Å². The van der Waals surface area contributed by atoms with E-state index in [1.165, 1.54) is 11.1 Å². The van der Waals surface area contributed by atoms with Gasteiger partial charge in [0, 0.05) is 17.2 Å². The van der Waals surface area contributed by atoms with Gasteiger partial charge in [0.1, 0.15) is 11.5 Å². The van der Waals surface area contributed by atoms with Gasteiger partial charge in [0.25, 0.3) is 0 Å². The van der Waals surface area contributed by atoms with Crippen molar-refractivity contribution >= 4 is 11.8 Å². The number of ether oxygens (including phenoxy) is 2. The number of fused-ring (bicyclic) bond motifs is 1. The quantitative estimate of drug-likeness (QED) is 0.850. The third-order valence-electron chi connectivity index (χ3n) is 3.52. The Morgan fingerprint density at radius 3 is 2.72 bits per heavy atom. The fraction of sp³-hybridized carbons (Fsp3) is 0.571. The van der Waals surface area contributed by atoms with Gasteiger partial charge in [-0.1, -0.05) is 6.92 Å². The number of rotatable bonds is 4. The van der Waals surface area contributed by atoms with Gasteiger partial charge in [-0.05, 0) is 31.7 Å². The topological polar surface area (TPSA) is 30.5 Å². The van der Waals surface area contributed by atoms with E-state index in [9.17, 15) is 0 Å². The molecule has 0 radical (unpaired) electrons. The second kappa shape index (κ2) is 5.85. The highest BCUT2D eigenvalue weighted by atomic mass is 32.2. The van der Waals surface area contributed by atoms with E-state index in [0.717, 1.165) is 35.8 Å². The molecule has 1 N–H and O–H groups in total. The van der Waals surface area contributed by atoms with Crippen molar-refractivity contribution in [2.24, 2.45) is 0 Å². The van der Waals surface area contributed by atoms with Crippen LogP contribution in [-0.2, 0) is 6.42 Å². The first-order valence-electron chi connectivity index (χ1n) is 6.31. The highest BCUT2D eigenvalue weighted by molar-refractivity contribution is 7.98. The molecule has 0 saturated heterocycles. The van der Waals surface area contributed by atoms with Crippen molar-refractivity contribution < 1.29 is 9.47 Å². The number of nitrogens with one attached hydrogen (secondary N) is 1. The first-order valence-corrected chi connectivity index (χ1v) is 7.54. The summed E-state index contributed by atoms with van der Waals surface area (Å²) in [5.74, 6) is 2.01. The highest BCUT2D eigenvalue weighted by Crippen LogP contribution is 2.44. The van der Waals surface area contributed by atoms with Gasteiger partial charge in [-0.15, -0.1) is 11.8 Å². The van der Waals surface area contributed by atoms with Crippen molar-refractivity contribution in [1.29, 1.82) is 0 Å². The van der Waals surface area contributed by atoms with Crippen molar-refractivity contribution in [2.45, 2.75) is 30.7 Å². The van der Waals surface area contributed by atoms with Crippen LogP contribution in [0.5, 0.6) is 11.5 Å². The van der Waals surface area contributed by atoms with Crippen LogP contribution in [0.2, 0.25) is 0 Å². The minimum absolute atomic E-state index is 0.365. The molecule has 0 spiro atoms. The second-order valence-electron chi connectivity index (χ2n) is 4.37. The van der Waals surface area contributed by atoms with Crippen LogP contribution < -0.4 is 14.8 Å². The Morgan fingerprint density at radius 1 is 1.39 bits per heavy atom. The van der Waals surface area contributed by atoms with Crippen molar-refractivity contribution in [1.82, 2.24) is 5.32 Å². The van der Waals surface area contributed by atoms with Crippen molar-refractivity contribution in [3.05, 3.63) is 17.2 Å². The SMILES string of the molecule is CCC1NCCc2c(OC)cc(SC)c(OC)c21. The van der Waals surface area contributed by atoms with E-state index in [1.54, 1.807) is 26.0 Å². The number of hydrogen-bond acceptors (Lipinski definition) is 4. The highest BCUT2D eigenvalue weighted by Gasteiger charge is 2.27. The van der Waals surface area contributed by atoms with Gasteiger partial charge in [-0.3, -0.25) is 0 Å². The molecule has 1 aliphatic rings. The van der Waals surface area contributed by atoms with Crippen LogP contribution in [0, 0.1) is 0 Å². The Kier molecular flexibility index (Phi) is 4.40. The van der Waals surface area contributed by atoms with E-state index in [4.69, 9.17) is 9.47 Å². The van der Waals surface area contributed by atoms with E-state index in [0.29, 0.717) is 6.04 Å². The molecule has 1 aromatic carbocycles. The molecule has 0 saturated carbocycles. The lowest BCUT2D eigenvalue weighted by Crippen LogP contribution is -2.30. The first kappa shape index (κ1) is 13.6. The summed E-state index contributed by atoms with van der Waals surface area (Å²) < 4.78 is 11.2. The lowest BCUT2D eigenvalue weighted by Gasteiger charge is -2.30. The van der Waals surface area contributed by atoms with E-state index in [2.05, 4.69) is 24.6 Å². The molecule has 100 valence electrons. The van der Waals surface area contributed by atoms with E-state index in [-0.39, 0.29) is 0 Å². The largest absolute Gasteiger partial charge is 0.496 e. The fourth-order valence-electron chi connectivity index (χ4n) is 2.67. The standard InChI is InChI=1S/C14H21NO2S/c1-5-10-13-9(6-7-15-10)11(16-2)8-12(18-4)14(13)17-3/h8,10,15H,5-7H2,1-4H3. The molecule has 1 unspecified atom stereocenters. The van der Waals surface area contributed by atoms with Crippen molar-refractivity contribution in [3.8, 4) is 11.5 Å². The Balaban J connectivity index is 2.65. The third-order valence-corrected chi connectivity index (χ3v) is 4.26. The van der Waals surface area contributed by atoms with Gasteiger partial charge < -0.3 is 14.8 Å². The summed E-state index contributed by atoms with van der Waals surface area (Å²) in [7, 11) is 3.50. The molecule has 0 aromatic heterocycles. The minimum atomic E-state index is 0.365. The van der Waals surface area contributed by atoms with Crippen molar-refractivity contribution in [3.63, 3.8) is 0 Å². The molecule has 0 bridgehead atoms. The Labute approximate surface area is 113 Å². The number of methoxy groups -OCH3 is 2. The smallest absolute Gasteiger partial charge is 0.137 e. The molecule has 1 aliphatic heterocycles. The van der Waals surface area contributed by atoms with Crippen LogP contribution in [0.25, 0.3) is 0 Å². The summed E-state index contributed by atoms with van der Waals surface area (Å²) in [4.78, 5) is 1.15. The first-order chi connectivity index (χ1) is 8.76. The predicted molar refractivity (Wildman–Crippen MR) is 76.1 cm³/mol. The predicted octanol–water partition coefficient (Wildman–Crippen LogP) is 3.02. The van der Waals surface area contributed by atoms with Crippen molar-refractivity contribution in [2.75, 3.05) is 27.0 Å². The summed E-state index contributed by atoms with van der Waals surface area (Å²) in [6, 6.07) is 2.46. The molecule has 1 aromatic rings. The minimum Gasteiger partial charge on any atom is -0.496 e. The summed E-state index contributed by atoms with van der Waals surface area (Å²) in [5.41, 5.74) is 2.59. The van der Waals surface area contributed by atoms with Gasteiger partial charge in [0.15, 0.2) is 0 Å². The maximum absolute atomic E-state index is 5.65. The molecule has 3 nitrogen and oxygen atoms in total. The molecule has 18 heavy (non-hydrogen) atoms. The molecule has 0 amide bonds. The summed E-state index contributed by atoms with van der Waals surface area (Å²) in [6.07, 6.45) is 4.13. The van der Waals surface area contributed by atoms with Gasteiger partial charge in [-0.25, -0.2) is 0 Å². The molecular formula is C14H21NO2S. The van der Waals surface area contributed by atoms with Gasteiger partial charge in [0.2, 0.25) is 0 Å². The monoisotopic (exact) mass is 267 g/mol. The second-order valence-corrected chi connectivity index (χ2v) is 5.22. The van der Waals surface area contributed by atoms with Crippen LogP contribution in [0.4, 0.5) is 0 Å². The average molecular weight is 267 g/mol. The van der Waals surface area contributed by atoms with Gasteiger partial charge >= 0.3 is 0 Å². The Hall–Kier alpha value is -0.870. The third kappa shape index (κ3) is 2.19. The zero-order chi connectivity index (χ0) is 13.1. The molecular weight excluding hydrogens is 246 g/mol. The van der Waals surface area contributed by atoms with E-state index in [1.807, 2.05) is 0 Å². The Morgan fingerprint density at radius 2 is 2.17 bits per heavy atom. The van der Waals surface area contributed by atoms with Gasteiger partial charge in [0.05, 0.1) is 19.1 Å². The maximum atomic E-state index is 5.65. The molecule has 0 aliphatic carbocycles. The fourth-order valence-corrected chi connectivity index (χ4v) is 3.27. The summed E-state index contributed by atoms with van der Waals surface area (Å²) >= 11 is 1.70. The zero-order valence-corrected chi connectivity index (χ0v) is 12.3. The summed E-state index contributed by atoms with van der Waals surface area (Å²) in [5, 5.41) is 3.56. The van der Waals surface area contributed by atoms with Crippen LogP contribution in [-0.4, -0.2) is 27.0 Å². The Bertz CT molecular complexity index is 412. The zero-order valence-electron chi connectivity index (χ0n) is 11.5. The molecule has 4 heteroatoms. The summed E-state index contributed by atoms with van der Waals surface area (Å²) in [6.45, 7) is 3.20. The lowest BCUT2D eigenvalue weighted by atomic mass is 9.91. The van der Waals surface area contributed by atoms with Crippen LogP contribution in [0.15, 0.2) is 11.0 Å².